The summed E-state index contributed by atoms with van der Waals surface area (Å²) in [6.45, 7) is 0.754. The third-order valence-electron chi connectivity index (χ3n) is 7.49. The molecule has 0 aliphatic heterocycles. The molecule has 0 bridgehead atoms. The number of aromatic amines is 2. The number of nitrogens with zero attached hydrogens (tertiary/aromatic N) is 2. The average Bonchev–Trinajstić information content (AvgIpc) is 3.70. The SMILES string of the molecule is CCCNc1n[nH]c2c(F)c(Cl)c(-c3ccccc3)cc12.Fc1c(Cl)c(-c2ccccc2)cc2c(NCC(F)(F)C(F)(F)C(F)(F)F)n[nH]c12.O. The normalized spacial score (nSPS) is 12.0. The van der Waals surface area contributed by atoms with Gasteiger partial charge in [0, 0.05) is 28.4 Å². The number of alkyl halides is 7. The molecule has 0 aliphatic carbocycles. The van der Waals surface area contributed by atoms with Gasteiger partial charge in [-0.1, -0.05) is 90.8 Å². The lowest BCUT2D eigenvalue weighted by Gasteiger charge is -2.28. The van der Waals surface area contributed by atoms with Crippen LogP contribution >= 0.6 is 23.2 Å². The molecule has 7 nitrogen and oxygen atoms in total. The molecule has 0 atom stereocenters. The molecule has 0 aliphatic rings. The molecule has 272 valence electrons. The maximum Gasteiger partial charge on any atom is 0.459 e. The van der Waals surface area contributed by atoms with Crippen LogP contribution in [0, 0.1) is 11.6 Å². The molecule has 6 aromatic rings. The minimum absolute atomic E-state index is 0. The Bertz CT molecular complexity index is 2110. The first-order chi connectivity index (χ1) is 23.6. The first-order valence-corrected chi connectivity index (χ1v) is 15.5. The molecule has 0 spiro atoms. The summed E-state index contributed by atoms with van der Waals surface area (Å²) in [5.41, 5.74) is 2.16. The average molecular weight is 766 g/mol. The molecule has 18 heteroatoms. The van der Waals surface area contributed by atoms with E-state index in [1.807, 2.05) is 36.4 Å². The van der Waals surface area contributed by atoms with Crippen LogP contribution in [0.3, 0.4) is 0 Å². The predicted molar refractivity (Wildman–Crippen MR) is 180 cm³/mol. The van der Waals surface area contributed by atoms with Crippen molar-refractivity contribution in [2.45, 2.75) is 31.4 Å². The Morgan fingerprint density at radius 3 is 1.47 bits per heavy atom. The van der Waals surface area contributed by atoms with Crippen molar-refractivity contribution in [2.24, 2.45) is 0 Å². The summed E-state index contributed by atoms with van der Waals surface area (Å²) < 4.78 is 119. The Kier molecular flexibility index (Phi) is 11.7. The standard InChI is InChI=1S/C17H10ClF8N3.C16H15ClFN3.H2O/c18-11-9(8-4-2-1-3-5-8)6-10-13(12(11)19)28-29-14(10)27-7-15(20,21)16(22,23)17(24,25)26;1-2-8-19-16-12-9-11(10-6-4-3-5-7-10)13(17)14(18)15(12)20-21-16;/h1-6H,7H2,(H2,27,28,29);3-7,9H,2,8H2,1H3,(H2,19,20,21);1H2. The van der Waals surface area contributed by atoms with Crippen molar-refractivity contribution in [3.63, 3.8) is 0 Å². The van der Waals surface area contributed by atoms with Gasteiger partial charge in [-0.2, -0.15) is 40.9 Å². The molecule has 2 heterocycles. The molecule has 2 aromatic heterocycles. The fourth-order valence-electron chi connectivity index (χ4n) is 4.87. The topological polar surface area (TPSA) is 113 Å². The summed E-state index contributed by atoms with van der Waals surface area (Å²) in [4.78, 5) is 0. The lowest BCUT2D eigenvalue weighted by molar-refractivity contribution is -0.350. The van der Waals surface area contributed by atoms with Crippen molar-refractivity contribution in [3.8, 4) is 22.3 Å². The van der Waals surface area contributed by atoms with Crippen LogP contribution in [-0.4, -0.2) is 57.0 Å². The van der Waals surface area contributed by atoms with E-state index < -0.39 is 42.0 Å². The zero-order valence-electron chi connectivity index (χ0n) is 26.1. The van der Waals surface area contributed by atoms with Crippen LogP contribution in [0.15, 0.2) is 72.8 Å². The largest absolute Gasteiger partial charge is 0.459 e. The zero-order valence-corrected chi connectivity index (χ0v) is 27.6. The second kappa shape index (κ2) is 15.3. The second-order valence-electron chi connectivity index (χ2n) is 10.9. The van der Waals surface area contributed by atoms with Crippen LogP contribution in [0.2, 0.25) is 10.0 Å². The van der Waals surface area contributed by atoms with Gasteiger partial charge in [0.05, 0.1) is 16.6 Å². The third kappa shape index (κ3) is 7.67. The molecule has 0 saturated heterocycles. The van der Waals surface area contributed by atoms with Gasteiger partial charge < -0.3 is 16.1 Å². The lowest BCUT2D eigenvalue weighted by atomic mass is 10.0. The van der Waals surface area contributed by atoms with Gasteiger partial charge in [-0.25, -0.2) is 8.78 Å². The Morgan fingerprint density at radius 2 is 1.08 bits per heavy atom. The second-order valence-corrected chi connectivity index (χ2v) is 11.6. The van der Waals surface area contributed by atoms with Gasteiger partial charge in [0.2, 0.25) is 0 Å². The number of aromatic nitrogens is 4. The number of hydrogen-bond acceptors (Lipinski definition) is 4. The van der Waals surface area contributed by atoms with E-state index in [2.05, 4.69) is 32.6 Å². The van der Waals surface area contributed by atoms with Crippen LogP contribution in [0.5, 0.6) is 0 Å². The monoisotopic (exact) mass is 764 g/mol. The molecule has 0 amide bonds. The van der Waals surface area contributed by atoms with Crippen LogP contribution in [-0.2, 0) is 0 Å². The van der Waals surface area contributed by atoms with Gasteiger partial charge in [0.15, 0.2) is 23.3 Å². The van der Waals surface area contributed by atoms with Crippen molar-refractivity contribution in [2.75, 3.05) is 23.7 Å². The highest BCUT2D eigenvalue weighted by Gasteiger charge is 2.72. The molecular weight excluding hydrogens is 738 g/mol. The molecule has 4 aromatic carbocycles. The Morgan fingerprint density at radius 1 is 0.667 bits per heavy atom. The van der Waals surface area contributed by atoms with Crippen LogP contribution in [0.1, 0.15) is 13.3 Å². The van der Waals surface area contributed by atoms with Crippen molar-refractivity contribution in [1.29, 1.82) is 0 Å². The van der Waals surface area contributed by atoms with E-state index in [4.69, 9.17) is 23.2 Å². The third-order valence-corrected chi connectivity index (χ3v) is 8.23. The quantitative estimate of drug-likeness (QED) is 0.110. The molecular formula is C33H27Cl2F9N6O. The summed E-state index contributed by atoms with van der Waals surface area (Å²) >= 11 is 12.2. The number of H-pyrrole nitrogens is 2. The Balaban J connectivity index is 0.000000235. The lowest BCUT2D eigenvalue weighted by Crippen LogP contribution is -2.55. The first-order valence-electron chi connectivity index (χ1n) is 14.7. The van der Waals surface area contributed by atoms with E-state index >= 15 is 0 Å². The molecule has 6 N–H and O–H groups in total. The molecule has 51 heavy (non-hydrogen) atoms. The number of halogens is 11. The maximum atomic E-state index is 14.5. The van der Waals surface area contributed by atoms with Gasteiger partial charge in [-0.05, 0) is 29.7 Å². The zero-order chi connectivity index (χ0) is 36.4. The van der Waals surface area contributed by atoms with Crippen molar-refractivity contribution in [3.05, 3.63) is 94.5 Å². The smallest absolute Gasteiger partial charge is 0.412 e. The number of rotatable bonds is 9. The molecule has 0 unspecified atom stereocenters. The van der Waals surface area contributed by atoms with Crippen molar-refractivity contribution < 1.29 is 45.0 Å². The summed E-state index contributed by atoms with van der Waals surface area (Å²) in [5, 5.41) is 17.8. The number of anilines is 2. The number of fused-ring (bicyclic) bond motifs is 2. The molecule has 0 radical (unpaired) electrons. The van der Waals surface area contributed by atoms with Crippen LogP contribution < -0.4 is 10.6 Å². The van der Waals surface area contributed by atoms with Gasteiger partial charge in [-0.3, -0.25) is 10.2 Å². The number of benzene rings is 4. The van der Waals surface area contributed by atoms with Crippen LogP contribution in [0.25, 0.3) is 44.1 Å². The highest BCUT2D eigenvalue weighted by Crippen LogP contribution is 2.47. The minimum atomic E-state index is -6.45. The molecule has 0 fully saturated rings. The fourth-order valence-corrected chi connectivity index (χ4v) is 5.39. The van der Waals surface area contributed by atoms with E-state index in [-0.39, 0.29) is 32.0 Å². The molecule has 0 saturated carbocycles. The van der Waals surface area contributed by atoms with Crippen LogP contribution in [0.4, 0.5) is 51.1 Å². The maximum absolute atomic E-state index is 14.5. The fraction of sp³-hybridized carbons (Fsp3) is 0.212. The number of nitrogens with one attached hydrogen (secondary N) is 4. The molecule has 6 rings (SSSR count). The van der Waals surface area contributed by atoms with Crippen molar-refractivity contribution in [1.82, 2.24) is 20.4 Å². The van der Waals surface area contributed by atoms with E-state index in [0.29, 0.717) is 27.8 Å². The summed E-state index contributed by atoms with van der Waals surface area (Å²) in [6, 6.07) is 20.8. The Labute approximate surface area is 293 Å². The number of hydrogen-bond donors (Lipinski definition) is 4. The van der Waals surface area contributed by atoms with Gasteiger partial charge >= 0.3 is 18.0 Å². The highest BCUT2D eigenvalue weighted by molar-refractivity contribution is 6.35. The van der Waals surface area contributed by atoms with Gasteiger partial charge in [0.25, 0.3) is 0 Å². The summed E-state index contributed by atoms with van der Waals surface area (Å²) in [7, 11) is 0. The van der Waals surface area contributed by atoms with E-state index in [1.54, 1.807) is 35.6 Å². The van der Waals surface area contributed by atoms with E-state index in [1.165, 1.54) is 6.07 Å². The van der Waals surface area contributed by atoms with Crippen molar-refractivity contribution >= 4 is 56.6 Å². The first kappa shape index (κ1) is 39.1. The van der Waals surface area contributed by atoms with Gasteiger partial charge in [-0.15, -0.1) is 0 Å². The highest BCUT2D eigenvalue weighted by atomic mass is 35.5. The van der Waals surface area contributed by atoms with E-state index in [0.717, 1.165) is 18.5 Å². The van der Waals surface area contributed by atoms with Gasteiger partial charge in [0.1, 0.15) is 11.0 Å². The summed E-state index contributed by atoms with van der Waals surface area (Å²) in [5.74, 6) is -13.1. The minimum Gasteiger partial charge on any atom is -0.412 e. The predicted octanol–water partition coefficient (Wildman–Crippen LogP) is 10.3. The Hall–Kier alpha value is -4.67. The van der Waals surface area contributed by atoms with E-state index in [9.17, 15) is 39.5 Å². The summed E-state index contributed by atoms with van der Waals surface area (Å²) in [6.07, 6.45) is -5.48.